The van der Waals surface area contributed by atoms with Crippen molar-refractivity contribution in [3.05, 3.63) is 49.4 Å². The number of hydrogen-bond donors (Lipinski definition) is 0. The van der Waals surface area contributed by atoms with Gasteiger partial charge in [-0.3, -0.25) is 14.5 Å². The molecule has 1 heterocycles. The fourth-order valence-corrected chi connectivity index (χ4v) is 3.57. The van der Waals surface area contributed by atoms with Crippen molar-refractivity contribution in [2.24, 2.45) is 5.11 Å². The molecule has 0 aliphatic carbocycles. The van der Waals surface area contributed by atoms with Crippen molar-refractivity contribution < 1.29 is 9.59 Å². The maximum absolute atomic E-state index is 12.8. The molecule has 0 saturated carbocycles. The Morgan fingerprint density at radius 2 is 1.29 bits per heavy atom. The minimum atomic E-state index is -0.312. The highest BCUT2D eigenvalue weighted by atomic mass is 16.2. The van der Waals surface area contributed by atoms with Crippen LogP contribution in [0, 0.1) is 34.6 Å². The van der Waals surface area contributed by atoms with Crippen LogP contribution in [-0.4, -0.2) is 23.8 Å². The molecule has 0 atom stereocenters. The first-order valence-corrected chi connectivity index (χ1v) is 7.68. The summed E-state index contributed by atoms with van der Waals surface area (Å²) in [7, 11) is 1.50. The summed E-state index contributed by atoms with van der Waals surface area (Å²) in [6.45, 7) is 9.44. The van der Waals surface area contributed by atoms with Crippen molar-refractivity contribution in [1.82, 2.24) is 4.90 Å². The van der Waals surface area contributed by atoms with Gasteiger partial charge in [0.15, 0.2) is 0 Å². The lowest BCUT2D eigenvalue weighted by atomic mass is 9.81. The monoisotopic (exact) mass is 322 g/mol. The largest absolute Gasteiger partial charge is 0.277 e. The van der Waals surface area contributed by atoms with Crippen LogP contribution in [0.25, 0.3) is 21.2 Å². The summed E-state index contributed by atoms with van der Waals surface area (Å²) in [4.78, 5) is 29.6. The Labute approximate surface area is 139 Å². The first-order valence-electron chi connectivity index (χ1n) is 7.68. The average Bonchev–Trinajstić information content (AvgIpc) is 2.55. The highest BCUT2D eigenvalue weighted by Gasteiger charge is 2.35. The minimum absolute atomic E-state index is 0.312. The molecular formula is C18H18N4O2. The van der Waals surface area contributed by atoms with Crippen molar-refractivity contribution in [3.63, 3.8) is 0 Å². The normalized spacial score (nSPS) is 13.5. The van der Waals surface area contributed by atoms with E-state index in [0.29, 0.717) is 27.6 Å². The van der Waals surface area contributed by atoms with Crippen molar-refractivity contribution in [2.45, 2.75) is 34.6 Å². The molecule has 1 aliphatic rings. The van der Waals surface area contributed by atoms with E-state index in [1.807, 2.05) is 34.6 Å². The van der Waals surface area contributed by atoms with E-state index in [4.69, 9.17) is 5.53 Å². The number of aryl methyl sites for hydroxylation is 1. The number of carbonyl (C=O) groups excluding carboxylic acids is 2. The number of hydrogen-bond acceptors (Lipinski definition) is 3. The summed E-state index contributed by atoms with van der Waals surface area (Å²) in [6, 6.07) is 0. The molecule has 0 radical (unpaired) electrons. The number of azide groups is 1. The Kier molecular flexibility index (Phi) is 3.39. The zero-order valence-electron chi connectivity index (χ0n) is 14.6. The van der Waals surface area contributed by atoms with Crippen LogP contribution in [0.2, 0.25) is 0 Å². The van der Waals surface area contributed by atoms with Crippen LogP contribution in [-0.2, 0) is 0 Å². The third kappa shape index (κ3) is 1.74. The van der Waals surface area contributed by atoms with E-state index in [9.17, 15) is 9.59 Å². The molecule has 2 aromatic carbocycles. The van der Waals surface area contributed by atoms with Gasteiger partial charge in [-0.1, -0.05) is 5.11 Å². The Hall–Kier alpha value is -2.85. The van der Waals surface area contributed by atoms with Gasteiger partial charge in [0.2, 0.25) is 0 Å². The van der Waals surface area contributed by atoms with Crippen LogP contribution in [0.3, 0.4) is 0 Å². The minimum Gasteiger partial charge on any atom is -0.277 e. The molecule has 2 aromatic rings. The Morgan fingerprint density at radius 1 is 0.792 bits per heavy atom. The number of imide groups is 1. The summed E-state index contributed by atoms with van der Waals surface area (Å²) in [5.74, 6) is -0.624. The third-order valence-electron chi connectivity index (χ3n) is 5.34. The summed E-state index contributed by atoms with van der Waals surface area (Å²) >= 11 is 0. The molecule has 0 unspecified atom stereocenters. The first kappa shape index (κ1) is 16.0. The summed E-state index contributed by atoms with van der Waals surface area (Å²) in [5, 5.41) is 5.21. The quantitative estimate of drug-likeness (QED) is 0.334. The lowest BCUT2D eigenvalue weighted by Gasteiger charge is -2.30. The Morgan fingerprint density at radius 3 is 1.79 bits per heavy atom. The number of nitrogens with zero attached hydrogens (tertiary/aromatic N) is 4. The molecule has 1 aliphatic heterocycles. The molecule has 6 heteroatoms. The second-order valence-electron chi connectivity index (χ2n) is 6.33. The smallest absolute Gasteiger partial charge is 0.261 e. The molecule has 0 N–H and O–H groups in total. The summed E-state index contributed by atoms with van der Waals surface area (Å²) in [5.41, 5.74) is 14.8. The maximum atomic E-state index is 12.8. The average molecular weight is 322 g/mol. The van der Waals surface area contributed by atoms with Gasteiger partial charge < -0.3 is 0 Å². The van der Waals surface area contributed by atoms with E-state index in [1.165, 1.54) is 11.9 Å². The van der Waals surface area contributed by atoms with Crippen molar-refractivity contribution in [3.8, 4) is 0 Å². The van der Waals surface area contributed by atoms with Crippen LogP contribution >= 0.6 is 0 Å². The fraction of sp³-hybridized carbons (Fsp3) is 0.333. The van der Waals surface area contributed by atoms with Gasteiger partial charge in [-0.15, -0.1) is 0 Å². The lowest BCUT2D eigenvalue weighted by Crippen LogP contribution is -2.38. The molecule has 0 fully saturated rings. The fourth-order valence-electron chi connectivity index (χ4n) is 3.57. The van der Waals surface area contributed by atoms with Crippen molar-refractivity contribution in [2.75, 3.05) is 7.05 Å². The zero-order chi connectivity index (χ0) is 17.9. The van der Waals surface area contributed by atoms with Gasteiger partial charge >= 0.3 is 0 Å². The molecule has 122 valence electrons. The lowest BCUT2D eigenvalue weighted by molar-refractivity contribution is 0.0650. The molecule has 24 heavy (non-hydrogen) atoms. The third-order valence-corrected chi connectivity index (χ3v) is 5.34. The highest BCUT2D eigenvalue weighted by molar-refractivity contribution is 6.28. The number of carbonyl (C=O) groups is 2. The van der Waals surface area contributed by atoms with Crippen LogP contribution in [0.4, 0.5) is 5.69 Å². The first-order chi connectivity index (χ1) is 11.2. The molecule has 0 aromatic heterocycles. The number of rotatable bonds is 1. The van der Waals surface area contributed by atoms with Crippen LogP contribution in [0.15, 0.2) is 5.11 Å². The Balaban J connectivity index is 2.78. The molecule has 6 nitrogen and oxygen atoms in total. The number of amides is 2. The molecule has 3 rings (SSSR count). The summed E-state index contributed by atoms with van der Waals surface area (Å²) < 4.78 is 0. The second-order valence-corrected chi connectivity index (χ2v) is 6.33. The predicted molar refractivity (Wildman–Crippen MR) is 92.9 cm³/mol. The molecule has 2 amide bonds. The van der Waals surface area contributed by atoms with E-state index in [2.05, 4.69) is 10.0 Å². The van der Waals surface area contributed by atoms with Gasteiger partial charge in [0.25, 0.3) is 11.8 Å². The van der Waals surface area contributed by atoms with Gasteiger partial charge in [-0.25, -0.2) is 0 Å². The van der Waals surface area contributed by atoms with Crippen LogP contribution < -0.4 is 0 Å². The highest BCUT2D eigenvalue weighted by Crippen LogP contribution is 2.44. The van der Waals surface area contributed by atoms with E-state index in [0.717, 1.165) is 27.8 Å². The SMILES string of the molecule is Cc1c(C)c2c3c(c(C)c(C)c(N=[N+]=[N-])c3c1C)C(=O)N(C)C2=O. The van der Waals surface area contributed by atoms with E-state index in [1.54, 1.807) is 0 Å². The van der Waals surface area contributed by atoms with Crippen LogP contribution in [0.1, 0.15) is 48.5 Å². The molecule has 0 spiro atoms. The van der Waals surface area contributed by atoms with Gasteiger partial charge in [-0.2, -0.15) is 0 Å². The zero-order valence-corrected chi connectivity index (χ0v) is 14.6. The Bertz CT molecular complexity index is 992. The van der Waals surface area contributed by atoms with E-state index in [-0.39, 0.29) is 11.8 Å². The van der Waals surface area contributed by atoms with Gasteiger partial charge in [0, 0.05) is 23.0 Å². The maximum Gasteiger partial charge on any atom is 0.261 e. The standard InChI is InChI=1S/C18H18N4O2/c1-7-8(2)12-15-13(9(7)3)17(23)22(6)18(24)14(15)10(4)11(5)16(12)20-21-19/h1-6H3. The van der Waals surface area contributed by atoms with Crippen molar-refractivity contribution in [1.29, 1.82) is 0 Å². The number of benzene rings is 2. The molecule has 0 bridgehead atoms. The van der Waals surface area contributed by atoms with Gasteiger partial charge in [-0.05, 0) is 73.4 Å². The topological polar surface area (TPSA) is 86.1 Å². The van der Waals surface area contributed by atoms with Gasteiger partial charge in [0.1, 0.15) is 0 Å². The summed E-state index contributed by atoms with van der Waals surface area (Å²) in [6.07, 6.45) is 0. The van der Waals surface area contributed by atoms with E-state index >= 15 is 0 Å². The second kappa shape index (κ2) is 5.08. The van der Waals surface area contributed by atoms with E-state index < -0.39 is 0 Å². The van der Waals surface area contributed by atoms with Gasteiger partial charge in [0.05, 0.1) is 11.1 Å². The molecule has 0 saturated heterocycles. The predicted octanol–water partition coefficient (Wildman–Crippen LogP) is 4.55. The van der Waals surface area contributed by atoms with Crippen LogP contribution in [0.5, 0.6) is 0 Å². The molecular weight excluding hydrogens is 304 g/mol. The van der Waals surface area contributed by atoms with Crippen molar-refractivity contribution >= 4 is 28.3 Å².